The van der Waals surface area contributed by atoms with Crippen LogP contribution in [0.25, 0.3) is 0 Å². The predicted octanol–water partition coefficient (Wildman–Crippen LogP) is 0.924. The van der Waals surface area contributed by atoms with Crippen LogP contribution in [0.2, 0.25) is 0 Å². The van der Waals surface area contributed by atoms with E-state index in [4.69, 9.17) is 10.5 Å². The number of primary amides is 1. The lowest BCUT2D eigenvalue weighted by Gasteiger charge is -2.05. The first kappa shape index (κ1) is 10.4. The minimum Gasteiger partial charge on any atom is -0.382 e. The summed E-state index contributed by atoms with van der Waals surface area (Å²) < 4.78 is 5.11. The summed E-state index contributed by atoms with van der Waals surface area (Å²) in [5, 5.41) is 0. The van der Waals surface area contributed by atoms with Crippen molar-refractivity contribution in [3.05, 3.63) is 0 Å². The molecule has 0 heterocycles. The Bertz CT molecular complexity index is 115. The van der Waals surface area contributed by atoms with Crippen LogP contribution in [-0.4, -0.2) is 19.1 Å². The maximum absolute atomic E-state index is 10.5. The van der Waals surface area contributed by atoms with Crippen molar-refractivity contribution in [3.8, 4) is 0 Å². The molecule has 0 radical (unpaired) electrons. The molecule has 0 aliphatic rings. The minimum absolute atomic E-state index is 0.0181. The highest BCUT2D eigenvalue weighted by atomic mass is 16.5. The fraction of sp³-hybridized carbons (Fsp3) is 0.875. The molecule has 0 unspecified atom stereocenters. The largest absolute Gasteiger partial charge is 0.382 e. The van der Waals surface area contributed by atoms with E-state index in [1.165, 1.54) is 0 Å². The molecule has 0 fully saturated rings. The van der Waals surface area contributed by atoms with Gasteiger partial charge in [-0.2, -0.15) is 0 Å². The third-order valence-electron chi connectivity index (χ3n) is 1.62. The zero-order chi connectivity index (χ0) is 8.69. The lowest BCUT2D eigenvalue weighted by Crippen LogP contribution is -2.20. The Balaban J connectivity index is 3.17. The highest BCUT2D eigenvalue weighted by molar-refractivity contribution is 5.76. The molecule has 0 aliphatic heterocycles. The average Bonchev–Trinajstić information content (AvgIpc) is 1.97. The number of amides is 1. The standard InChI is InChI=1S/C8H17NO2/c1-3-11-6-4-5-7(2)8(9)10/h7H,3-6H2,1-2H3,(H2,9,10)/t7-/m0/s1. The van der Waals surface area contributed by atoms with E-state index in [1.54, 1.807) is 0 Å². The van der Waals surface area contributed by atoms with Crippen LogP contribution in [0.1, 0.15) is 26.7 Å². The molecule has 0 saturated carbocycles. The van der Waals surface area contributed by atoms with Crippen molar-refractivity contribution < 1.29 is 9.53 Å². The van der Waals surface area contributed by atoms with Gasteiger partial charge in [0.1, 0.15) is 0 Å². The van der Waals surface area contributed by atoms with E-state index in [-0.39, 0.29) is 11.8 Å². The van der Waals surface area contributed by atoms with E-state index in [0.29, 0.717) is 0 Å². The zero-order valence-corrected chi connectivity index (χ0v) is 7.30. The van der Waals surface area contributed by atoms with Crippen LogP contribution in [0.4, 0.5) is 0 Å². The molecule has 0 rings (SSSR count). The molecular formula is C8H17NO2. The van der Waals surface area contributed by atoms with Crippen LogP contribution >= 0.6 is 0 Å². The number of carbonyl (C=O) groups is 1. The first-order valence-electron chi connectivity index (χ1n) is 4.05. The molecule has 0 bridgehead atoms. The maximum atomic E-state index is 10.5. The Hall–Kier alpha value is -0.570. The molecule has 0 aliphatic carbocycles. The van der Waals surface area contributed by atoms with E-state index in [1.807, 2.05) is 13.8 Å². The Morgan fingerprint density at radius 1 is 1.64 bits per heavy atom. The zero-order valence-electron chi connectivity index (χ0n) is 7.30. The van der Waals surface area contributed by atoms with E-state index in [0.717, 1.165) is 26.1 Å². The summed E-state index contributed by atoms with van der Waals surface area (Å²) in [6.07, 6.45) is 1.74. The molecular weight excluding hydrogens is 142 g/mol. The van der Waals surface area contributed by atoms with Gasteiger partial charge in [-0.15, -0.1) is 0 Å². The third-order valence-corrected chi connectivity index (χ3v) is 1.62. The van der Waals surface area contributed by atoms with Gasteiger partial charge in [-0.05, 0) is 19.8 Å². The first-order chi connectivity index (χ1) is 5.18. The maximum Gasteiger partial charge on any atom is 0.220 e. The van der Waals surface area contributed by atoms with Gasteiger partial charge in [0.15, 0.2) is 0 Å². The lowest BCUT2D eigenvalue weighted by molar-refractivity contribution is -0.121. The van der Waals surface area contributed by atoms with Crippen LogP contribution in [0, 0.1) is 5.92 Å². The fourth-order valence-corrected chi connectivity index (χ4v) is 0.778. The number of ether oxygens (including phenoxy) is 1. The van der Waals surface area contributed by atoms with E-state index < -0.39 is 0 Å². The molecule has 1 amide bonds. The van der Waals surface area contributed by atoms with Crippen LogP contribution in [0.5, 0.6) is 0 Å². The summed E-state index contributed by atoms with van der Waals surface area (Å²) in [4.78, 5) is 10.5. The monoisotopic (exact) mass is 159 g/mol. The Kier molecular flexibility index (Phi) is 5.84. The van der Waals surface area contributed by atoms with Gasteiger partial charge in [0.05, 0.1) is 0 Å². The molecule has 0 spiro atoms. The second kappa shape index (κ2) is 6.16. The molecule has 3 nitrogen and oxygen atoms in total. The first-order valence-corrected chi connectivity index (χ1v) is 4.05. The van der Waals surface area contributed by atoms with Gasteiger partial charge in [-0.1, -0.05) is 6.92 Å². The quantitative estimate of drug-likeness (QED) is 0.586. The molecule has 0 aromatic rings. The summed E-state index contributed by atoms with van der Waals surface area (Å²) >= 11 is 0. The van der Waals surface area contributed by atoms with Gasteiger partial charge in [0.25, 0.3) is 0 Å². The SMILES string of the molecule is CCOCCC[C@H](C)C(N)=O. The number of carbonyl (C=O) groups excluding carboxylic acids is 1. The number of hydrogen-bond donors (Lipinski definition) is 1. The minimum atomic E-state index is -0.221. The molecule has 11 heavy (non-hydrogen) atoms. The summed E-state index contributed by atoms with van der Waals surface area (Å²) in [6.45, 7) is 5.27. The molecule has 0 aromatic heterocycles. The van der Waals surface area contributed by atoms with Crippen molar-refractivity contribution >= 4 is 5.91 Å². The molecule has 0 saturated heterocycles. The molecule has 2 N–H and O–H groups in total. The van der Waals surface area contributed by atoms with Crippen molar-refractivity contribution in [2.45, 2.75) is 26.7 Å². The summed E-state index contributed by atoms with van der Waals surface area (Å²) in [6, 6.07) is 0. The average molecular weight is 159 g/mol. The van der Waals surface area contributed by atoms with Gasteiger partial charge in [-0.25, -0.2) is 0 Å². The van der Waals surface area contributed by atoms with E-state index >= 15 is 0 Å². The smallest absolute Gasteiger partial charge is 0.220 e. The van der Waals surface area contributed by atoms with Crippen molar-refractivity contribution in [1.29, 1.82) is 0 Å². The van der Waals surface area contributed by atoms with Gasteiger partial charge in [0, 0.05) is 19.1 Å². The topological polar surface area (TPSA) is 52.3 Å². The van der Waals surface area contributed by atoms with Crippen LogP contribution in [0.15, 0.2) is 0 Å². The predicted molar refractivity (Wildman–Crippen MR) is 44.1 cm³/mol. The summed E-state index contributed by atoms with van der Waals surface area (Å²) in [7, 11) is 0. The van der Waals surface area contributed by atoms with Crippen molar-refractivity contribution in [2.24, 2.45) is 11.7 Å². The Labute approximate surface area is 67.9 Å². The van der Waals surface area contributed by atoms with Crippen LogP contribution in [-0.2, 0) is 9.53 Å². The third kappa shape index (κ3) is 5.85. The van der Waals surface area contributed by atoms with Gasteiger partial charge in [-0.3, -0.25) is 4.79 Å². The Morgan fingerprint density at radius 3 is 2.73 bits per heavy atom. The van der Waals surface area contributed by atoms with Crippen molar-refractivity contribution in [3.63, 3.8) is 0 Å². The van der Waals surface area contributed by atoms with E-state index in [9.17, 15) is 4.79 Å². The van der Waals surface area contributed by atoms with Gasteiger partial charge in [0.2, 0.25) is 5.91 Å². The fourth-order valence-electron chi connectivity index (χ4n) is 0.778. The van der Waals surface area contributed by atoms with Gasteiger partial charge >= 0.3 is 0 Å². The summed E-state index contributed by atoms with van der Waals surface area (Å²) in [5.74, 6) is -0.239. The molecule has 0 aromatic carbocycles. The van der Waals surface area contributed by atoms with Crippen molar-refractivity contribution in [2.75, 3.05) is 13.2 Å². The molecule has 66 valence electrons. The molecule has 1 atom stereocenters. The second-order valence-corrected chi connectivity index (χ2v) is 2.64. The lowest BCUT2D eigenvalue weighted by atomic mass is 10.1. The van der Waals surface area contributed by atoms with Crippen LogP contribution < -0.4 is 5.73 Å². The highest BCUT2D eigenvalue weighted by Crippen LogP contribution is 2.03. The number of hydrogen-bond acceptors (Lipinski definition) is 2. The highest BCUT2D eigenvalue weighted by Gasteiger charge is 2.06. The van der Waals surface area contributed by atoms with Crippen LogP contribution in [0.3, 0.4) is 0 Å². The number of rotatable bonds is 6. The summed E-state index contributed by atoms with van der Waals surface area (Å²) in [5.41, 5.74) is 5.07. The van der Waals surface area contributed by atoms with Gasteiger partial charge < -0.3 is 10.5 Å². The number of nitrogens with two attached hydrogens (primary N) is 1. The van der Waals surface area contributed by atoms with Crippen molar-refractivity contribution in [1.82, 2.24) is 0 Å². The molecule has 3 heteroatoms. The second-order valence-electron chi connectivity index (χ2n) is 2.64. The normalized spacial score (nSPS) is 12.9. The van der Waals surface area contributed by atoms with E-state index in [2.05, 4.69) is 0 Å². The Morgan fingerprint density at radius 2 is 2.27 bits per heavy atom.